The zero-order chi connectivity index (χ0) is 46.7. The van der Waals surface area contributed by atoms with Crippen LogP contribution in [0.1, 0.15) is 233 Å². The lowest BCUT2D eigenvalue weighted by atomic mass is 10.0. The molecule has 3 atom stereocenters. The van der Waals surface area contributed by atoms with Crippen molar-refractivity contribution in [2.45, 2.75) is 251 Å². The quantitative estimate of drug-likeness (QED) is 0.0321. The van der Waals surface area contributed by atoms with E-state index in [2.05, 4.69) is 111 Å². The molecular formula is C58H99NO5. The number of carbonyl (C=O) groups is 2. The smallest absolute Gasteiger partial charge is 0.306 e. The Morgan fingerprint density at radius 2 is 0.875 bits per heavy atom. The van der Waals surface area contributed by atoms with Crippen LogP contribution in [-0.4, -0.2) is 46.9 Å². The maximum atomic E-state index is 13.2. The van der Waals surface area contributed by atoms with Crippen LogP contribution < -0.4 is 5.32 Å². The predicted molar refractivity (Wildman–Crippen MR) is 277 cm³/mol. The van der Waals surface area contributed by atoms with E-state index in [1.807, 2.05) is 12.2 Å². The molecule has 3 unspecified atom stereocenters. The van der Waals surface area contributed by atoms with E-state index in [9.17, 15) is 19.8 Å². The number of nitrogens with one attached hydrogen (secondary N) is 1. The van der Waals surface area contributed by atoms with E-state index in [0.29, 0.717) is 19.3 Å². The van der Waals surface area contributed by atoms with Gasteiger partial charge in [0.05, 0.1) is 25.2 Å². The number of amides is 1. The Morgan fingerprint density at radius 3 is 1.34 bits per heavy atom. The highest BCUT2D eigenvalue weighted by molar-refractivity contribution is 5.77. The van der Waals surface area contributed by atoms with Crippen molar-refractivity contribution in [3.05, 3.63) is 97.2 Å². The van der Waals surface area contributed by atoms with Gasteiger partial charge >= 0.3 is 5.97 Å². The Hall–Kier alpha value is -3.22. The molecule has 3 N–H and O–H groups in total. The van der Waals surface area contributed by atoms with Crippen molar-refractivity contribution >= 4 is 11.9 Å². The number of unbranched alkanes of at least 4 members (excludes halogenated alkanes) is 19. The molecule has 64 heavy (non-hydrogen) atoms. The number of hydrogen-bond donors (Lipinski definition) is 3. The molecule has 0 spiro atoms. The van der Waals surface area contributed by atoms with Gasteiger partial charge in [-0.15, -0.1) is 0 Å². The first-order valence-electron chi connectivity index (χ1n) is 26.5. The summed E-state index contributed by atoms with van der Waals surface area (Å²) in [6.07, 6.45) is 67.6. The lowest BCUT2D eigenvalue weighted by Crippen LogP contribution is -2.46. The summed E-state index contributed by atoms with van der Waals surface area (Å²) >= 11 is 0. The molecule has 0 aromatic carbocycles. The molecule has 0 fully saturated rings. The summed E-state index contributed by atoms with van der Waals surface area (Å²) in [6.45, 7) is 6.30. The first kappa shape index (κ1) is 60.8. The molecule has 0 rings (SSSR count). The van der Waals surface area contributed by atoms with Crippen molar-refractivity contribution in [3.8, 4) is 0 Å². The van der Waals surface area contributed by atoms with Gasteiger partial charge in [-0.05, 0) is 83.5 Å². The maximum Gasteiger partial charge on any atom is 0.306 e. The second kappa shape index (κ2) is 50.8. The fraction of sp³-hybridized carbons (Fsp3) is 0.690. The van der Waals surface area contributed by atoms with Crippen molar-refractivity contribution in [2.75, 3.05) is 6.61 Å². The number of ether oxygens (including phenoxy) is 1. The highest BCUT2D eigenvalue weighted by Crippen LogP contribution is 2.16. The Balaban J connectivity index is 4.77. The van der Waals surface area contributed by atoms with Gasteiger partial charge in [-0.25, -0.2) is 0 Å². The second-order valence-electron chi connectivity index (χ2n) is 17.5. The van der Waals surface area contributed by atoms with Gasteiger partial charge in [-0.2, -0.15) is 0 Å². The van der Waals surface area contributed by atoms with Crippen LogP contribution in [0.5, 0.6) is 0 Å². The molecule has 0 aliphatic heterocycles. The molecule has 366 valence electrons. The van der Waals surface area contributed by atoms with E-state index in [4.69, 9.17) is 4.74 Å². The minimum absolute atomic E-state index is 0.0162. The summed E-state index contributed by atoms with van der Waals surface area (Å²) in [5, 5.41) is 23.8. The summed E-state index contributed by atoms with van der Waals surface area (Å²) in [5.74, 6) is -0.618. The molecule has 0 saturated carbocycles. The SMILES string of the molecule is CC/C=C/C/C=C/C/C=C/C/C=C/CCCCCC(=O)OC(C/C=C\C/C=C\C/C=C\C/C=C\CCCCC)CC(=O)NC(CO)C(O)CCCCCCCCCCCCCCCC. The highest BCUT2D eigenvalue weighted by Gasteiger charge is 2.23. The minimum atomic E-state index is -0.822. The monoisotopic (exact) mass is 890 g/mol. The molecule has 0 aromatic heterocycles. The molecule has 6 heteroatoms. The number of rotatable bonds is 46. The summed E-state index contributed by atoms with van der Waals surface area (Å²) < 4.78 is 5.86. The summed E-state index contributed by atoms with van der Waals surface area (Å²) in [6, 6.07) is -0.743. The van der Waals surface area contributed by atoms with Gasteiger partial charge in [0.15, 0.2) is 0 Å². The Labute approximate surface area is 395 Å². The zero-order valence-corrected chi connectivity index (χ0v) is 41.6. The molecule has 0 bridgehead atoms. The van der Waals surface area contributed by atoms with E-state index in [1.54, 1.807) is 0 Å². The zero-order valence-electron chi connectivity index (χ0n) is 41.6. The lowest BCUT2D eigenvalue weighted by Gasteiger charge is -2.24. The van der Waals surface area contributed by atoms with Gasteiger partial charge < -0.3 is 20.3 Å². The van der Waals surface area contributed by atoms with E-state index >= 15 is 0 Å². The number of allylic oxidation sites excluding steroid dienone is 15. The van der Waals surface area contributed by atoms with Crippen LogP contribution in [0.25, 0.3) is 0 Å². The molecule has 0 aliphatic carbocycles. The van der Waals surface area contributed by atoms with Gasteiger partial charge in [0.25, 0.3) is 0 Å². The molecule has 6 nitrogen and oxygen atoms in total. The molecule has 0 saturated heterocycles. The van der Waals surface area contributed by atoms with Crippen LogP contribution in [0.15, 0.2) is 97.2 Å². The molecule has 0 aliphatic rings. The minimum Gasteiger partial charge on any atom is -0.461 e. The molecule has 0 heterocycles. The van der Waals surface area contributed by atoms with Crippen LogP contribution >= 0.6 is 0 Å². The Morgan fingerprint density at radius 1 is 0.484 bits per heavy atom. The van der Waals surface area contributed by atoms with Crippen LogP contribution in [0.4, 0.5) is 0 Å². The van der Waals surface area contributed by atoms with Crippen molar-refractivity contribution < 1.29 is 24.5 Å². The first-order valence-corrected chi connectivity index (χ1v) is 26.5. The molecular weight excluding hydrogens is 791 g/mol. The second-order valence-corrected chi connectivity index (χ2v) is 17.5. The van der Waals surface area contributed by atoms with Gasteiger partial charge in [-0.1, -0.05) is 227 Å². The van der Waals surface area contributed by atoms with E-state index in [-0.39, 0.29) is 24.9 Å². The largest absolute Gasteiger partial charge is 0.461 e. The van der Waals surface area contributed by atoms with Crippen LogP contribution in [0.2, 0.25) is 0 Å². The van der Waals surface area contributed by atoms with E-state index < -0.39 is 18.2 Å². The van der Waals surface area contributed by atoms with Gasteiger partial charge in [0, 0.05) is 12.8 Å². The number of aliphatic hydroxyl groups is 2. The number of carbonyl (C=O) groups excluding carboxylic acids is 2. The average molecular weight is 890 g/mol. The lowest BCUT2D eigenvalue weighted by molar-refractivity contribution is -0.150. The molecule has 0 aromatic rings. The summed E-state index contributed by atoms with van der Waals surface area (Å²) in [4.78, 5) is 26.1. The van der Waals surface area contributed by atoms with Gasteiger partial charge in [0.2, 0.25) is 5.91 Å². The summed E-state index contributed by atoms with van der Waals surface area (Å²) in [5.41, 5.74) is 0. The number of esters is 1. The van der Waals surface area contributed by atoms with Gasteiger partial charge in [0.1, 0.15) is 6.10 Å². The van der Waals surface area contributed by atoms with E-state index in [0.717, 1.165) is 96.3 Å². The third-order valence-corrected chi connectivity index (χ3v) is 11.4. The van der Waals surface area contributed by atoms with Crippen molar-refractivity contribution in [2.24, 2.45) is 0 Å². The number of hydrogen-bond acceptors (Lipinski definition) is 5. The Bertz CT molecular complexity index is 1270. The topological polar surface area (TPSA) is 95.9 Å². The first-order chi connectivity index (χ1) is 31.5. The Kier molecular flexibility index (Phi) is 48.2. The summed E-state index contributed by atoms with van der Waals surface area (Å²) in [7, 11) is 0. The highest BCUT2D eigenvalue weighted by atomic mass is 16.5. The average Bonchev–Trinajstić information content (AvgIpc) is 3.29. The molecule has 0 radical (unpaired) electrons. The molecule has 1 amide bonds. The van der Waals surface area contributed by atoms with E-state index in [1.165, 1.54) is 89.9 Å². The normalized spacial score (nSPS) is 14.0. The maximum absolute atomic E-state index is 13.2. The van der Waals surface area contributed by atoms with Crippen molar-refractivity contribution in [3.63, 3.8) is 0 Å². The predicted octanol–water partition coefficient (Wildman–Crippen LogP) is 16.1. The van der Waals surface area contributed by atoms with Gasteiger partial charge in [-0.3, -0.25) is 9.59 Å². The fourth-order valence-corrected chi connectivity index (χ4v) is 7.40. The van der Waals surface area contributed by atoms with Crippen LogP contribution in [0, 0.1) is 0 Å². The third-order valence-electron chi connectivity index (χ3n) is 11.4. The standard InChI is InChI=1S/C58H99NO5/c1-4-7-10-13-16-19-22-25-28-30-33-36-39-42-45-48-51-58(63)64-54(49-46-43-40-37-34-31-29-26-23-20-17-14-11-8-5-2)52-57(62)59-55(53-60)56(61)50-47-44-41-38-35-32-27-24-21-18-15-12-9-6-3/h7,10,16-17,19-20,25-26,28-29,33-34,36-37,43,46,54-56,60-61H,4-6,8-9,11-15,18,21-24,27,30-32,35,38-42,44-45,47-53H2,1-3H3,(H,59,62)/b10-7+,19-16+,20-17-,28-25+,29-26-,36-33+,37-34-,46-43-. The van der Waals surface area contributed by atoms with Crippen LogP contribution in [0.3, 0.4) is 0 Å². The van der Waals surface area contributed by atoms with Crippen LogP contribution in [-0.2, 0) is 14.3 Å². The third kappa shape index (κ3) is 45.4. The number of aliphatic hydroxyl groups excluding tert-OH is 2. The fourth-order valence-electron chi connectivity index (χ4n) is 7.40. The van der Waals surface area contributed by atoms with Crippen molar-refractivity contribution in [1.82, 2.24) is 5.32 Å². The van der Waals surface area contributed by atoms with Crippen molar-refractivity contribution in [1.29, 1.82) is 0 Å².